The van der Waals surface area contributed by atoms with Crippen molar-refractivity contribution >= 4 is 0 Å². The maximum Gasteiger partial charge on any atom is 0.119 e. The number of rotatable bonds is 6. The van der Waals surface area contributed by atoms with Crippen molar-refractivity contribution in [3.8, 4) is 5.75 Å². The number of ether oxygens (including phenoxy) is 2. The Balaban J connectivity index is 2.13. The van der Waals surface area contributed by atoms with Crippen molar-refractivity contribution < 1.29 is 9.47 Å². The molecule has 0 radical (unpaired) electrons. The third kappa shape index (κ3) is 3.72. The van der Waals surface area contributed by atoms with Crippen molar-refractivity contribution in [3.05, 3.63) is 29.8 Å². The molecule has 0 aliphatic heterocycles. The number of hydrogen-bond acceptors (Lipinski definition) is 4. The van der Waals surface area contributed by atoms with Gasteiger partial charge in [-0.1, -0.05) is 32.9 Å². The molecule has 0 saturated heterocycles. The molecule has 0 amide bonds. The monoisotopic (exact) mass is 278 g/mol. The van der Waals surface area contributed by atoms with E-state index in [4.69, 9.17) is 15.3 Å². The molecule has 2 rings (SSSR count). The SMILES string of the molecule is COC(C(NN)c1ccc(OC2CC2)cc1)C(C)(C)C. The lowest BCUT2D eigenvalue weighted by Gasteiger charge is -2.35. The van der Waals surface area contributed by atoms with Crippen LogP contribution in [0.3, 0.4) is 0 Å². The van der Waals surface area contributed by atoms with Crippen LogP contribution < -0.4 is 16.0 Å². The second-order valence-electron chi connectivity index (χ2n) is 6.55. The number of hydrazine groups is 1. The molecule has 0 aromatic heterocycles. The summed E-state index contributed by atoms with van der Waals surface area (Å²) in [5.74, 6) is 6.67. The summed E-state index contributed by atoms with van der Waals surface area (Å²) in [6.07, 6.45) is 2.75. The largest absolute Gasteiger partial charge is 0.490 e. The summed E-state index contributed by atoms with van der Waals surface area (Å²) in [6.45, 7) is 6.45. The zero-order valence-electron chi connectivity index (χ0n) is 12.8. The number of nitrogens with one attached hydrogen (secondary N) is 1. The van der Waals surface area contributed by atoms with Crippen LogP contribution in [0.2, 0.25) is 0 Å². The van der Waals surface area contributed by atoms with Crippen LogP contribution in [0.15, 0.2) is 24.3 Å². The van der Waals surface area contributed by atoms with Gasteiger partial charge in [-0.25, -0.2) is 0 Å². The molecule has 0 bridgehead atoms. The Morgan fingerprint density at radius 1 is 1.20 bits per heavy atom. The predicted octanol–water partition coefficient (Wildman–Crippen LogP) is 2.79. The highest BCUT2D eigenvalue weighted by molar-refractivity contribution is 5.30. The van der Waals surface area contributed by atoms with Gasteiger partial charge < -0.3 is 9.47 Å². The van der Waals surface area contributed by atoms with Crippen molar-refractivity contribution in [1.82, 2.24) is 5.43 Å². The molecule has 1 aliphatic rings. The molecule has 1 aromatic rings. The summed E-state index contributed by atoms with van der Waals surface area (Å²) in [5, 5.41) is 0. The van der Waals surface area contributed by atoms with Gasteiger partial charge in [0.05, 0.1) is 18.2 Å². The highest BCUT2D eigenvalue weighted by Crippen LogP contribution is 2.33. The van der Waals surface area contributed by atoms with Crippen LogP contribution in [0.4, 0.5) is 0 Å². The van der Waals surface area contributed by atoms with Crippen LogP contribution in [0.5, 0.6) is 5.75 Å². The van der Waals surface area contributed by atoms with Gasteiger partial charge in [-0.2, -0.15) is 0 Å². The number of nitrogens with two attached hydrogens (primary N) is 1. The molecule has 112 valence electrons. The number of benzene rings is 1. The second kappa shape index (κ2) is 6.12. The fraction of sp³-hybridized carbons (Fsp3) is 0.625. The Bertz CT molecular complexity index is 421. The smallest absolute Gasteiger partial charge is 0.119 e. The van der Waals surface area contributed by atoms with Gasteiger partial charge in [-0.15, -0.1) is 0 Å². The molecule has 1 aliphatic carbocycles. The van der Waals surface area contributed by atoms with E-state index >= 15 is 0 Å². The first kappa shape index (κ1) is 15.3. The number of methoxy groups -OCH3 is 1. The molecule has 1 aromatic carbocycles. The molecule has 1 saturated carbocycles. The van der Waals surface area contributed by atoms with Crippen molar-refractivity contribution in [2.24, 2.45) is 11.3 Å². The Morgan fingerprint density at radius 2 is 1.80 bits per heavy atom. The summed E-state index contributed by atoms with van der Waals surface area (Å²) < 4.78 is 11.4. The Kier molecular flexibility index (Phi) is 4.68. The Hall–Kier alpha value is -1.10. The van der Waals surface area contributed by atoms with Crippen LogP contribution in [-0.2, 0) is 4.74 Å². The molecule has 4 nitrogen and oxygen atoms in total. The van der Waals surface area contributed by atoms with E-state index in [0.29, 0.717) is 6.10 Å². The van der Waals surface area contributed by atoms with E-state index in [-0.39, 0.29) is 17.6 Å². The average Bonchev–Trinajstić information content (AvgIpc) is 3.19. The molecule has 0 spiro atoms. The Labute approximate surface area is 121 Å². The van der Waals surface area contributed by atoms with Gasteiger partial charge in [0.25, 0.3) is 0 Å². The molecule has 0 heterocycles. The summed E-state index contributed by atoms with van der Waals surface area (Å²) in [5.41, 5.74) is 3.99. The van der Waals surface area contributed by atoms with Crippen LogP contribution in [0, 0.1) is 5.41 Å². The van der Waals surface area contributed by atoms with E-state index in [2.05, 4.69) is 38.3 Å². The van der Waals surface area contributed by atoms with Gasteiger partial charge in [0, 0.05) is 7.11 Å². The van der Waals surface area contributed by atoms with Crippen LogP contribution >= 0.6 is 0 Å². The van der Waals surface area contributed by atoms with Crippen molar-refractivity contribution in [3.63, 3.8) is 0 Å². The maximum atomic E-state index is 5.76. The molecule has 3 N–H and O–H groups in total. The standard InChI is InChI=1S/C16H26N2O2/c1-16(2,3)15(19-4)14(18-17)11-5-7-12(8-6-11)20-13-9-10-13/h5-8,13-15,18H,9-10,17H2,1-4H3. The first-order valence-corrected chi connectivity index (χ1v) is 7.21. The van der Waals surface area contributed by atoms with E-state index in [1.807, 2.05) is 12.1 Å². The predicted molar refractivity (Wildman–Crippen MR) is 80.4 cm³/mol. The zero-order chi connectivity index (χ0) is 14.8. The van der Waals surface area contributed by atoms with Crippen LogP contribution in [-0.4, -0.2) is 19.3 Å². The normalized spacial score (nSPS) is 18.6. The fourth-order valence-corrected chi connectivity index (χ4v) is 2.48. The maximum absolute atomic E-state index is 5.76. The minimum atomic E-state index is -0.0463. The van der Waals surface area contributed by atoms with Gasteiger partial charge >= 0.3 is 0 Å². The highest BCUT2D eigenvalue weighted by Gasteiger charge is 2.33. The van der Waals surface area contributed by atoms with Gasteiger partial charge in [0.1, 0.15) is 5.75 Å². The molecule has 2 unspecified atom stereocenters. The van der Waals surface area contributed by atoms with Crippen molar-refractivity contribution in [1.29, 1.82) is 0 Å². The third-order valence-corrected chi connectivity index (χ3v) is 3.66. The first-order chi connectivity index (χ1) is 9.45. The zero-order valence-corrected chi connectivity index (χ0v) is 12.8. The number of hydrogen-bond donors (Lipinski definition) is 2. The van der Waals surface area contributed by atoms with E-state index in [1.165, 1.54) is 12.8 Å². The summed E-state index contributed by atoms with van der Waals surface area (Å²) in [7, 11) is 1.73. The lowest BCUT2D eigenvalue weighted by molar-refractivity contribution is -0.0120. The summed E-state index contributed by atoms with van der Waals surface area (Å²) in [6, 6.07) is 8.08. The summed E-state index contributed by atoms with van der Waals surface area (Å²) in [4.78, 5) is 0. The van der Waals surface area contributed by atoms with Gasteiger partial charge in [-0.3, -0.25) is 11.3 Å². The third-order valence-electron chi connectivity index (χ3n) is 3.66. The average molecular weight is 278 g/mol. The van der Waals surface area contributed by atoms with E-state index < -0.39 is 0 Å². The van der Waals surface area contributed by atoms with E-state index in [9.17, 15) is 0 Å². The lowest BCUT2D eigenvalue weighted by Crippen LogP contribution is -2.44. The molecule has 1 fully saturated rings. The quantitative estimate of drug-likeness (QED) is 0.620. The molecular formula is C16H26N2O2. The lowest BCUT2D eigenvalue weighted by atomic mass is 9.82. The minimum Gasteiger partial charge on any atom is -0.490 e. The Morgan fingerprint density at radius 3 is 2.20 bits per heavy atom. The minimum absolute atomic E-state index is 0.00499. The first-order valence-electron chi connectivity index (χ1n) is 7.21. The van der Waals surface area contributed by atoms with Gasteiger partial charge in [0.15, 0.2) is 0 Å². The van der Waals surface area contributed by atoms with Crippen molar-refractivity contribution in [2.45, 2.75) is 51.9 Å². The van der Waals surface area contributed by atoms with Crippen molar-refractivity contribution in [2.75, 3.05) is 7.11 Å². The fourth-order valence-electron chi connectivity index (χ4n) is 2.48. The van der Waals surface area contributed by atoms with Gasteiger partial charge in [0.2, 0.25) is 0 Å². The van der Waals surface area contributed by atoms with E-state index in [0.717, 1.165) is 11.3 Å². The summed E-state index contributed by atoms with van der Waals surface area (Å²) >= 11 is 0. The van der Waals surface area contributed by atoms with Crippen LogP contribution in [0.25, 0.3) is 0 Å². The van der Waals surface area contributed by atoms with Crippen LogP contribution in [0.1, 0.15) is 45.2 Å². The molecular weight excluding hydrogens is 252 g/mol. The molecule has 2 atom stereocenters. The van der Waals surface area contributed by atoms with Gasteiger partial charge in [-0.05, 0) is 36.0 Å². The van der Waals surface area contributed by atoms with E-state index in [1.54, 1.807) is 7.11 Å². The molecule has 20 heavy (non-hydrogen) atoms. The highest BCUT2D eigenvalue weighted by atomic mass is 16.5. The topological polar surface area (TPSA) is 56.5 Å². The second-order valence-corrected chi connectivity index (χ2v) is 6.55. The molecule has 4 heteroatoms.